The summed E-state index contributed by atoms with van der Waals surface area (Å²) in [5.41, 5.74) is 1.83. The van der Waals surface area contributed by atoms with Crippen LogP contribution in [-0.2, 0) is 0 Å². The van der Waals surface area contributed by atoms with Crippen LogP contribution in [0.15, 0.2) is 48.8 Å². The van der Waals surface area contributed by atoms with E-state index in [1.165, 1.54) is 0 Å². The molecular formula is C16H13N3O2. The molecule has 21 heavy (non-hydrogen) atoms. The van der Waals surface area contributed by atoms with Gasteiger partial charge in [0.25, 0.3) is 0 Å². The van der Waals surface area contributed by atoms with E-state index in [2.05, 4.69) is 15.3 Å². The molecule has 2 heterocycles. The second kappa shape index (κ2) is 5.20. The molecule has 0 fully saturated rings. The fraction of sp³-hybridized carbons (Fsp3) is 0.0625. The SMILES string of the molecule is Cc1ccncc1Nc1nc(C(=O)O)cc2ccccc12. The number of aryl methyl sites for hydroxylation is 1. The predicted molar refractivity (Wildman–Crippen MR) is 81.0 cm³/mol. The minimum atomic E-state index is -1.05. The molecule has 0 amide bonds. The minimum Gasteiger partial charge on any atom is -0.477 e. The number of nitrogens with zero attached hydrogens (tertiary/aromatic N) is 2. The van der Waals surface area contributed by atoms with Crippen LogP contribution < -0.4 is 5.32 Å². The number of hydrogen-bond acceptors (Lipinski definition) is 4. The first-order valence-corrected chi connectivity index (χ1v) is 6.46. The van der Waals surface area contributed by atoms with Gasteiger partial charge in [0.1, 0.15) is 5.82 Å². The Morgan fingerprint density at radius 2 is 2.05 bits per heavy atom. The van der Waals surface area contributed by atoms with Crippen molar-refractivity contribution in [1.82, 2.24) is 9.97 Å². The lowest BCUT2D eigenvalue weighted by Crippen LogP contribution is -2.04. The first-order valence-electron chi connectivity index (χ1n) is 6.46. The number of benzene rings is 1. The number of carboxylic acids is 1. The minimum absolute atomic E-state index is 0.0118. The maximum atomic E-state index is 11.2. The molecule has 0 bridgehead atoms. The first-order chi connectivity index (χ1) is 10.1. The van der Waals surface area contributed by atoms with Crippen molar-refractivity contribution in [2.75, 3.05) is 5.32 Å². The van der Waals surface area contributed by atoms with E-state index in [-0.39, 0.29) is 5.69 Å². The average molecular weight is 279 g/mol. The van der Waals surface area contributed by atoms with Crippen LogP contribution in [0.4, 0.5) is 11.5 Å². The summed E-state index contributed by atoms with van der Waals surface area (Å²) < 4.78 is 0. The summed E-state index contributed by atoms with van der Waals surface area (Å²) >= 11 is 0. The lowest BCUT2D eigenvalue weighted by atomic mass is 10.1. The number of pyridine rings is 2. The Kier molecular flexibility index (Phi) is 3.23. The number of rotatable bonds is 3. The normalized spacial score (nSPS) is 10.5. The number of aromatic nitrogens is 2. The van der Waals surface area contributed by atoms with Crippen LogP contribution in [0.3, 0.4) is 0 Å². The van der Waals surface area contributed by atoms with Crippen LogP contribution in [0.1, 0.15) is 16.1 Å². The summed E-state index contributed by atoms with van der Waals surface area (Å²) in [5, 5.41) is 14.1. The second-order valence-electron chi connectivity index (χ2n) is 4.70. The molecule has 3 aromatic rings. The van der Waals surface area contributed by atoms with Crippen molar-refractivity contribution in [2.45, 2.75) is 6.92 Å². The van der Waals surface area contributed by atoms with Crippen molar-refractivity contribution in [3.63, 3.8) is 0 Å². The van der Waals surface area contributed by atoms with Gasteiger partial charge in [-0.25, -0.2) is 9.78 Å². The quantitative estimate of drug-likeness (QED) is 0.768. The highest BCUT2D eigenvalue weighted by Crippen LogP contribution is 2.26. The van der Waals surface area contributed by atoms with Gasteiger partial charge in [0, 0.05) is 11.6 Å². The van der Waals surface area contributed by atoms with Crippen LogP contribution in [0, 0.1) is 6.92 Å². The van der Waals surface area contributed by atoms with Gasteiger partial charge < -0.3 is 10.4 Å². The van der Waals surface area contributed by atoms with Gasteiger partial charge in [-0.05, 0) is 30.0 Å². The van der Waals surface area contributed by atoms with Crippen LogP contribution in [0.25, 0.3) is 10.8 Å². The summed E-state index contributed by atoms with van der Waals surface area (Å²) in [6.45, 7) is 1.95. The number of carboxylic acid groups (broad SMARTS) is 1. The maximum Gasteiger partial charge on any atom is 0.354 e. The number of fused-ring (bicyclic) bond motifs is 1. The van der Waals surface area contributed by atoms with Crippen molar-refractivity contribution in [3.05, 3.63) is 60.0 Å². The highest BCUT2D eigenvalue weighted by atomic mass is 16.4. The number of hydrogen-bond donors (Lipinski definition) is 2. The van der Waals surface area contributed by atoms with E-state index in [1.54, 1.807) is 18.5 Å². The van der Waals surface area contributed by atoms with E-state index in [1.807, 2.05) is 37.3 Å². The van der Waals surface area contributed by atoms with Crippen molar-refractivity contribution in [2.24, 2.45) is 0 Å². The average Bonchev–Trinajstić information content (AvgIpc) is 2.49. The van der Waals surface area contributed by atoms with Crippen LogP contribution in [0.5, 0.6) is 0 Å². The molecule has 2 aromatic heterocycles. The van der Waals surface area contributed by atoms with Gasteiger partial charge in [0.15, 0.2) is 5.69 Å². The molecule has 0 aliphatic rings. The van der Waals surface area contributed by atoms with Crippen molar-refractivity contribution in [3.8, 4) is 0 Å². The van der Waals surface area contributed by atoms with Gasteiger partial charge in [0.2, 0.25) is 0 Å². The molecule has 5 heteroatoms. The fourth-order valence-electron chi connectivity index (χ4n) is 2.13. The second-order valence-corrected chi connectivity index (χ2v) is 4.70. The van der Waals surface area contributed by atoms with E-state index >= 15 is 0 Å². The molecule has 3 rings (SSSR count). The Morgan fingerprint density at radius 1 is 1.24 bits per heavy atom. The van der Waals surface area contributed by atoms with E-state index in [9.17, 15) is 9.90 Å². The number of anilines is 2. The zero-order chi connectivity index (χ0) is 14.8. The van der Waals surface area contributed by atoms with Gasteiger partial charge >= 0.3 is 5.97 Å². The molecule has 0 saturated heterocycles. The van der Waals surface area contributed by atoms with Gasteiger partial charge in [0.05, 0.1) is 11.9 Å². The van der Waals surface area contributed by atoms with Gasteiger partial charge in [-0.15, -0.1) is 0 Å². The Morgan fingerprint density at radius 3 is 2.81 bits per heavy atom. The predicted octanol–water partition coefficient (Wildman–Crippen LogP) is 3.38. The number of carbonyl (C=O) groups is 1. The molecule has 0 spiro atoms. The summed E-state index contributed by atoms with van der Waals surface area (Å²) in [7, 11) is 0. The molecule has 0 radical (unpaired) electrons. The fourth-order valence-corrected chi connectivity index (χ4v) is 2.13. The van der Waals surface area contributed by atoms with Gasteiger partial charge in [-0.2, -0.15) is 0 Å². The van der Waals surface area contributed by atoms with E-state index in [4.69, 9.17) is 0 Å². The third kappa shape index (κ3) is 2.53. The molecule has 0 saturated carbocycles. The molecular weight excluding hydrogens is 266 g/mol. The monoisotopic (exact) mass is 279 g/mol. The lowest BCUT2D eigenvalue weighted by molar-refractivity contribution is 0.0691. The highest BCUT2D eigenvalue weighted by molar-refractivity contribution is 5.98. The molecule has 104 valence electrons. The van der Waals surface area contributed by atoms with Gasteiger partial charge in [-0.3, -0.25) is 4.98 Å². The van der Waals surface area contributed by atoms with E-state index in [0.29, 0.717) is 5.82 Å². The zero-order valence-electron chi connectivity index (χ0n) is 11.4. The Bertz CT molecular complexity index is 831. The largest absolute Gasteiger partial charge is 0.477 e. The van der Waals surface area contributed by atoms with Crippen LogP contribution in [-0.4, -0.2) is 21.0 Å². The maximum absolute atomic E-state index is 11.2. The molecule has 0 atom stereocenters. The van der Waals surface area contributed by atoms with Crippen molar-refractivity contribution in [1.29, 1.82) is 0 Å². The summed E-state index contributed by atoms with van der Waals surface area (Å²) in [6.07, 6.45) is 3.40. The molecule has 2 N–H and O–H groups in total. The highest BCUT2D eigenvalue weighted by Gasteiger charge is 2.11. The Balaban J connectivity index is 2.16. The molecule has 1 aromatic carbocycles. The molecule has 0 aliphatic carbocycles. The number of aromatic carboxylic acids is 1. The van der Waals surface area contributed by atoms with Gasteiger partial charge in [-0.1, -0.05) is 24.3 Å². The number of nitrogens with one attached hydrogen (secondary N) is 1. The lowest BCUT2D eigenvalue weighted by Gasteiger charge is -2.11. The Labute approximate surface area is 121 Å². The van der Waals surface area contributed by atoms with Crippen LogP contribution >= 0.6 is 0 Å². The standard InChI is InChI=1S/C16H13N3O2/c1-10-6-7-17-9-14(10)19-15-12-5-3-2-4-11(12)8-13(18-15)16(20)21/h2-9H,1H3,(H,18,19)(H,20,21). The third-order valence-electron chi connectivity index (χ3n) is 3.25. The van der Waals surface area contributed by atoms with E-state index < -0.39 is 5.97 Å². The Hall–Kier alpha value is -2.95. The first kappa shape index (κ1) is 13.1. The van der Waals surface area contributed by atoms with Crippen molar-refractivity contribution < 1.29 is 9.90 Å². The molecule has 0 unspecified atom stereocenters. The topological polar surface area (TPSA) is 75.1 Å². The summed E-state index contributed by atoms with van der Waals surface area (Å²) in [4.78, 5) is 19.5. The molecule has 5 nitrogen and oxygen atoms in total. The molecule has 0 aliphatic heterocycles. The smallest absolute Gasteiger partial charge is 0.354 e. The van der Waals surface area contributed by atoms with E-state index in [0.717, 1.165) is 22.0 Å². The summed E-state index contributed by atoms with van der Waals surface area (Å²) in [5.74, 6) is -0.534. The van der Waals surface area contributed by atoms with Crippen molar-refractivity contribution >= 4 is 28.2 Å². The third-order valence-corrected chi connectivity index (χ3v) is 3.25. The van der Waals surface area contributed by atoms with Crippen LogP contribution in [0.2, 0.25) is 0 Å². The zero-order valence-corrected chi connectivity index (χ0v) is 11.4. The summed E-state index contributed by atoms with van der Waals surface area (Å²) in [6, 6.07) is 11.0.